The van der Waals surface area contributed by atoms with Crippen LogP contribution in [-0.4, -0.2) is 50.8 Å². The number of methoxy groups -OCH3 is 4. The van der Waals surface area contributed by atoms with Crippen molar-refractivity contribution >= 4 is 11.7 Å². The van der Waals surface area contributed by atoms with Crippen LogP contribution in [0.2, 0.25) is 0 Å². The molecule has 30 heavy (non-hydrogen) atoms. The maximum Gasteiger partial charge on any atom is 0.405 e. The number of phenols is 1. The van der Waals surface area contributed by atoms with Crippen molar-refractivity contribution in [3.63, 3.8) is 0 Å². The Morgan fingerprint density at radius 2 is 1.70 bits per heavy atom. The van der Waals surface area contributed by atoms with Gasteiger partial charge < -0.3 is 34.5 Å². The van der Waals surface area contributed by atoms with Gasteiger partial charge in [0.2, 0.25) is 5.75 Å². The van der Waals surface area contributed by atoms with Crippen LogP contribution in [0.4, 0.5) is 4.79 Å². The number of carbonyl (C=O) groups is 1. The number of hydrogen-bond acceptors (Lipinski definition) is 6. The predicted octanol–water partition coefficient (Wildman–Crippen LogP) is 3.44. The van der Waals surface area contributed by atoms with Crippen LogP contribution in [0.25, 0.3) is 5.57 Å². The number of hydrogen-bond donors (Lipinski definition) is 3. The molecule has 0 fully saturated rings. The molecule has 0 radical (unpaired) electrons. The number of rotatable bonds is 6. The van der Waals surface area contributed by atoms with Crippen LogP contribution in [0.15, 0.2) is 30.3 Å². The maximum absolute atomic E-state index is 11.3. The zero-order valence-corrected chi connectivity index (χ0v) is 17.3. The molecule has 3 N–H and O–H groups in total. The van der Waals surface area contributed by atoms with Crippen molar-refractivity contribution < 1.29 is 34.0 Å². The molecule has 3 rings (SSSR count). The summed E-state index contributed by atoms with van der Waals surface area (Å²) in [5.74, 6) is 1.82. The number of amides is 1. The van der Waals surface area contributed by atoms with Crippen LogP contribution in [0.1, 0.15) is 23.1 Å². The van der Waals surface area contributed by atoms with Crippen molar-refractivity contribution in [2.75, 3.05) is 28.4 Å². The number of benzene rings is 2. The second-order valence-corrected chi connectivity index (χ2v) is 6.73. The molecule has 0 aliphatic heterocycles. The first-order valence-electron chi connectivity index (χ1n) is 9.34. The van der Waals surface area contributed by atoms with E-state index in [4.69, 9.17) is 18.9 Å². The van der Waals surface area contributed by atoms with E-state index in [-0.39, 0.29) is 5.75 Å². The molecule has 0 bridgehead atoms. The Balaban J connectivity index is 2.27. The van der Waals surface area contributed by atoms with Crippen molar-refractivity contribution in [1.82, 2.24) is 5.32 Å². The van der Waals surface area contributed by atoms with Gasteiger partial charge in [-0.2, -0.15) is 0 Å². The molecule has 2 aromatic rings. The SMILES string of the molecule is COc1ccc(C2=CC(NC(=O)O)CCc3c2cc(OC)c(OC)c3OC)cc1O. The third-order valence-corrected chi connectivity index (χ3v) is 5.09. The molecule has 0 spiro atoms. The second-order valence-electron chi connectivity index (χ2n) is 6.73. The molecule has 160 valence electrons. The van der Waals surface area contributed by atoms with E-state index in [2.05, 4.69) is 5.32 Å². The fraction of sp³-hybridized carbons (Fsp3) is 0.318. The lowest BCUT2D eigenvalue weighted by Gasteiger charge is -2.20. The van der Waals surface area contributed by atoms with Gasteiger partial charge in [0.05, 0.1) is 34.5 Å². The van der Waals surface area contributed by atoms with Gasteiger partial charge in [-0.15, -0.1) is 0 Å². The number of carboxylic acid groups (broad SMARTS) is 1. The van der Waals surface area contributed by atoms with Gasteiger partial charge in [0.25, 0.3) is 0 Å². The zero-order valence-electron chi connectivity index (χ0n) is 17.3. The van der Waals surface area contributed by atoms with Gasteiger partial charge in [0.15, 0.2) is 23.0 Å². The Morgan fingerprint density at radius 3 is 2.27 bits per heavy atom. The molecular formula is C22H25NO7. The van der Waals surface area contributed by atoms with E-state index in [1.165, 1.54) is 21.3 Å². The number of fused-ring (bicyclic) bond motifs is 1. The van der Waals surface area contributed by atoms with Crippen molar-refractivity contribution in [3.8, 4) is 28.7 Å². The highest BCUT2D eigenvalue weighted by Crippen LogP contribution is 2.47. The Hall–Kier alpha value is -3.55. The smallest absolute Gasteiger partial charge is 0.405 e. The van der Waals surface area contributed by atoms with Gasteiger partial charge in [0, 0.05) is 5.56 Å². The average molecular weight is 415 g/mol. The highest BCUT2D eigenvalue weighted by Gasteiger charge is 2.27. The highest BCUT2D eigenvalue weighted by atomic mass is 16.5. The third kappa shape index (κ3) is 3.94. The Morgan fingerprint density at radius 1 is 1.00 bits per heavy atom. The molecule has 8 heteroatoms. The number of nitrogens with one attached hydrogen (secondary N) is 1. The molecule has 8 nitrogen and oxygen atoms in total. The van der Waals surface area contributed by atoms with E-state index < -0.39 is 12.1 Å². The molecule has 1 aliphatic carbocycles. The quantitative estimate of drug-likeness (QED) is 0.663. The first kappa shape index (κ1) is 21.2. The lowest BCUT2D eigenvalue weighted by Crippen LogP contribution is -2.32. The summed E-state index contributed by atoms with van der Waals surface area (Å²) in [7, 11) is 6.11. The van der Waals surface area contributed by atoms with E-state index in [9.17, 15) is 15.0 Å². The van der Waals surface area contributed by atoms with E-state index in [1.54, 1.807) is 25.3 Å². The standard InChI is InChI=1S/C22H25NO7/c1-27-18-8-5-12(9-17(18)24)15-10-13(23-22(25)26)6-7-14-16(15)11-19(28-2)21(30-4)20(14)29-3/h5,8-11,13,23-24H,6-7H2,1-4H3,(H,25,26). The van der Waals surface area contributed by atoms with Crippen LogP contribution >= 0.6 is 0 Å². The molecule has 0 saturated heterocycles. The van der Waals surface area contributed by atoms with Crippen LogP contribution in [-0.2, 0) is 6.42 Å². The first-order chi connectivity index (χ1) is 14.4. The van der Waals surface area contributed by atoms with Gasteiger partial charge in [-0.1, -0.05) is 12.1 Å². The van der Waals surface area contributed by atoms with Gasteiger partial charge in [-0.05, 0) is 47.7 Å². The molecule has 1 unspecified atom stereocenters. The number of phenolic OH excluding ortho intramolecular Hbond substituents is 1. The summed E-state index contributed by atoms with van der Waals surface area (Å²) in [6.45, 7) is 0. The van der Waals surface area contributed by atoms with E-state index >= 15 is 0 Å². The summed E-state index contributed by atoms with van der Waals surface area (Å²) in [5, 5.41) is 22.1. The summed E-state index contributed by atoms with van der Waals surface area (Å²) >= 11 is 0. The highest BCUT2D eigenvalue weighted by molar-refractivity contribution is 5.86. The number of ether oxygens (including phenoxy) is 4. The summed E-state index contributed by atoms with van der Waals surface area (Å²) in [6.07, 6.45) is 1.80. The minimum Gasteiger partial charge on any atom is -0.504 e. The Kier molecular flexibility index (Phi) is 6.25. The summed E-state index contributed by atoms with van der Waals surface area (Å²) < 4.78 is 21.8. The molecule has 0 aromatic heterocycles. The average Bonchev–Trinajstić information content (AvgIpc) is 2.91. The van der Waals surface area contributed by atoms with Gasteiger partial charge in [-0.25, -0.2) is 4.79 Å². The fourth-order valence-corrected chi connectivity index (χ4v) is 3.76. The van der Waals surface area contributed by atoms with Crippen molar-refractivity contribution in [2.24, 2.45) is 0 Å². The van der Waals surface area contributed by atoms with Crippen LogP contribution in [0, 0.1) is 0 Å². The van der Waals surface area contributed by atoms with Crippen molar-refractivity contribution in [3.05, 3.63) is 47.0 Å². The third-order valence-electron chi connectivity index (χ3n) is 5.09. The molecule has 0 heterocycles. The molecule has 1 amide bonds. The van der Waals surface area contributed by atoms with Crippen LogP contribution < -0.4 is 24.3 Å². The topological polar surface area (TPSA) is 106 Å². The number of aromatic hydroxyl groups is 1. The predicted molar refractivity (Wildman–Crippen MR) is 111 cm³/mol. The maximum atomic E-state index is 11.3. The fourth-order valence-electron chi connectivity index (χ4n) is 3.76. The van der Waals surface area contributed by atoms with Crippen molar-refractivity contribution in [2.45, 2.75) is 18.9 Å². The second kappa shape index (κ2) is 8.86. The monoisotopic (exact) mass is 415 g/mol. The largest absolute Gasteiger partial charge is 0.504 e. The minimum absolute atomic E-state index is 0.0168. The van der Waals surface area contributed by atoms with E-state index in [0.717, 1.165) is 16.7 Å². The van der Waals surface area contributed by atoms with E-state index in [0.29, 0.717) is 41.4 Å². The van der Waals surface area contributed by atoms with Gasteiger partial charge in [-0.3, -0.25) is 0 Å². The summed E-state index contributed by atoms with van der Waals surface area (Å²) in [6, 6.07) is 6.46. The lowest BCUT2D eigenvalue weighted by molar-refractivity contribution is 0.191. The minimum atomic E-state index is -1.11. The summed E-state index contributed by atoms with van der Waals surface area (Å²) in [5.41, 5.74) is 3.11. The van der Waals surface area contributed by atoms with E-state index in [1.807, 2.05) is 12.1 Å². The molecule has 2 aromatic carbocycles. The normalized spacial score (nSPS) is 15.3. The van der Waals surface area contributed by atoms with Crippen LogP contribution in [0.5, 0.6) is 28.7 Å². The molecule has 1 aliphatic rings. The molecule has 1 atom stereocenters. The van der Waals surface area contributed by atoms with Crippen LogP contribution in [0.3, 0.4) is 0 Å². The zero-order chi connectivity index (χ0) is 21.8. The molecular weight excluding hydrogens is 390 g/mol. The Labute approximate surface area is 174 Å². The van der Waals surface area contributed by atoms with Gasteiger partial charge >= 0.3 is 6.09 Å². The van der Waals surface area contributed by atoms with Gasteiger partial charge in [0.1, 0.15) is 0 Å². The van der Waals surface area contributed by atoms with Crippen molar-refractivity contribution in [1.29, 1.82) is 0 Å². The summed E-state index contributed by atoms with van der Waals surface area (Å²) in [4.78, 5) is 11.3. The first-order valence-corrected chi connectivity index (χ1v) is 9.34. The Bertz CT molecular complexity index is 984. The lowest BCUT2D eigenvalue weighted by atomic mass is 9.92. The molecule has 0 saturated carbocycles.